The van der Waals surface area contributed by atoms with E-state index in [0.717, 1.165) is 32.5 Å². The van der Waals surface area contributed by atoms with Crippen LogP contribution in [-0.2, 0) is 9.59 Å². The molecular formula is C19H33N3O3. The highest BCUT2D eigenvalue weighted by Crippen LogP contribution is 2.37. The standard InChI is InChI=1S/C19H33N3O3/c23-16-8-14-22(15-19(16)9-6-10-20-18(19)25)17(24)7-5-13-21-11-3-1-2-4-12-21/h16,23H,1-15H2,(H,20,25)/t16?,19-/m1/s1. The second kappa shape index (κ2) is 8.49. The van der Waals surface area contributed by atoms with E-state index in [4.69, 9.17) is 0 Å². The highest BCUT2D eigenvalue weighted by atomic mass is 16.3. The molecule has 0 saturated carbocycles. The van der Waals surface area contributed by atoms with E-state index in [2.05, 4.69) is 10.2 Å². The van der Waals surface area contributed by atoms with Crippen LogP contribution >= 0.6 is 0 Å². The van der Waals surface area contributed by atoms with Gasteiger partial charge < -0.3 is 20.2 Å². The molecule has 3 aliphatic heterocycles. The highest BCUT2D eigenvalue weighted by Gasteiger charge is 2.50. The van der Waals surface area contributed by atoms with Gasteiger partial charge >= 0.3 is 0 Å². The third-order valence-electron chi connectivity index (χ3n) is 6.24. The van der Waals surface area contributed by atoms with E-state index in [1.165, 1.54) is 25.7 Å². The lowest BCUT2D eigenvalue weighted by atomic mass is 9.71. The summed E-state index contributed by atoms with van der Waals surface area (Å²) in [5, 5.41) is 13.3. The highest BCUT2D eigenvalue weighted by molar-refractivity contribution is 5.86. The van der Waals surface area contributed by atoms with Crippen molar-refractivity contribution in [3.63, 3.8) is 0 Å². The van der Waals surface area contributed by atoms with Crippen LogP contribution in [0.25, 0.3) is 0 Å². The van der Waals surface area contributed by atoms with Gasteiger partial charge in [-0.3, -0.25) is 9.59 Å². The number of nitrogens with zero attached hydrogens (tertiary/aromatic N) is 2. The molecule has 0 aliphatic carbocycles. The normalized spacial score (nSPS) is 31.6. The Morgan fingerprint density at radius 1 is 1.16 bits per heavy atom. The van der Waals surface area contributed by atoms with Crippen molar-refractivity contribution >= 4 is 11.8 Å². The van der Waals surface area contributed by atoms with Crippen LogP contribution in [0.1, 0.15) is 57.8 Å². The van der Waals surface area contributed by atoms with Gasteiger partial charge in [-0.25, -0.2) is 0 Å². The number of carbonyl (C=O) groups is 2. The molecule has 3 rings (SSSR count). The summed E-state index contributed by atoms with van der Waals surface area (Å²) in [5.41, 5.74) is -0.781. The van der Waals surface area contributed by atoms with Crippen LogP contribution in [0.15, 0.2) is 0 Å². The number of nitrogens with one attached hydrogen (secondary N) is 1. The quantitative estimate of drug-likeness (QED) is 0.796. The Morgan fingerprint density at radius 3 is 2.64 bits per heavy atom. The average Bonchev–Trinajstić information content (AvgIpc) is 2.88. The van der Waals surface area contributed by atoms with Crippen molar-refractivity contribution in [1.82, 2.24) is 15.1 Å². The van der Waals surface area contributed by atoms with Gasteiger partial charge in [0.1, 0.15) is 0 Å². The minimum atomic E-state index is -0.781. The fraction of sp³-hybridized carbons (Fsp3) is 0.895. The SMILES string of the molecule is O=C(CCCN1CCCCCC1)N1CCC(O)[C@@]2(CCCNC2=O)C1. The van der Waals surface area contributed by atoms with Crippen molar-refractivity contribution < 1.29 is 14.7 Å². The molecule has 2 atom stereocenters. The van der Waals surface area contributed by atoms with Crippen LogP contribution in [0.5, 0.6) is 0 Å². The Bertz CT molecular complexity index is 477. The monoisotopic (exact) mass is 351 g/mol. The van der Waals surface area contributed by atoms with Gasteiger partial charge in [0, 0.05) is 26.1 Å². The van der Waals surface area contributed by atoms with Crippen molar-refractivity contribution in [3.05, 3.63) is 0 Å². The fourth-order valence-electron chi connectivity index (χ4n) is 4.63. The van der Waals surface area contributed by atoms with Gasteiger partial charge in [-0.2, -0.15) is 0 Å². The van der Waals surface area contributed by atoms with Crippen molar-refractivity contribution in [2.45, 2.75) is 63.9 Å². The average molecular weight is 351 g/mol. The smallest absolute Gasteiger partial charge is 0.230 e. The van der Waals surface area contributed by atoms with Gasteiger partial charge in [0.2, 0.25) is 11.8 Å². The molecule has 6 heteroatoms. The number of rotatable bonds is 4. The zero-order chi connectivity index (χ0) is 17.7. The van der Waals surface area contributed by atoms with Gasteiger partial charge in [-0.05, 0) is 58.2 Å². The van der Waals surface area contributed by atoms with Crippen LogP contribution in [-0.4, -0.2) is 72.1 Å². The molecule has 25 heavy (non-hydrogen) atoms. The van der Waals surface area contributed by atoms with E-state index in [9.17, 15) is 14.7 Å². The Morgan fingerprint density at radius 2 is 1.92 bits per heavy atom. The third kappa shape index (κ3) is 4.34. The fourth-order valence-corrected chi connectivity index (χ4v) is 4.63. The summed E-state index contributed by atoms with van der Waals surface area (Å²) in [6.07, 6.45) is 8.06. The molecule has 1 unspecified atom stereocenters. The summed E-state index contributed by atoms with van der Waals surface area (Å²) < 4.78 is 0. The third-order valence-corrected chi connectivity index (χ3v) is 6.24. The molecular weight excluding hydrogens is 318 g/mol. The molecule has 3 fully saturated rings. The second-order valence-corrected chi connectivity index (χ2v) is 7.99. The summed E-state index contributed by atoms with van der Waals surface area (Å²) in [5.74, 6) is 0.0628. The zero-order valence-corrected chi connectivity index (χ0v) is 15.3. The first kappa shape index (κ1) is 18.6. The first-order chi connectivity index (χ1) is 12.1. The van der Waals surface area contributed by atoms with Gasteiger partial charge in [-0.15, -0.1) is 0 Å². The van der Waals surface area contributed by atoms with Gasteiger partial charge in [0.25, 0.3) is 0 Å². The molecule has 3 heterocycles. The van der Waals surface area contributed by atoms with E-state index >= 15 is 0 Å². The summed E-state index contributed by atoms with van der Waals surface area (Å²) in [4.78, 5) is 29.3. The molecule has 0 aromatic rings. The van der Waals surface area contributed by atoms with E-state index < -0.39 is 11.5 Å². The second-order valence-electron chi connectivity index (χ2n) is 7.99. The minimum absolute atomic E-state index is 0.0756. The van der Waals surface area contributed by atoms with Crippen molar-refractivity contribution in [3.8, 4) is 0 Å². The Balaban J connectivity index is 1.49. The van der Waals surface area contributed by atoms with E-state index in [0.29, 0.717) is 38.9 Å². The first-order valence-corrected chi connectivity index (χ1v) is 10.1. The van der Waals surface area contributed by atoms with E-state index in [-0.39, 0.29) is 11.8 Å². The van der Waals surface area contributed by atoms with Crippen molar-refractivity contribution in [1.29, 1.82) is 0 Å². The molecule has 0 aromatic heterocycles. The number of hydrogen-bond acceptors (Lipinski definition) is 4. The lowest BCUT2D eigenvalue weighted by Gasteiger charge is -2.46. The number of likely N-dealkylation sites (tertiary alicyclic amines) is 2. The summed E-state index contributed by atoms with van der Waals surface area (Å²) in [6.45, 7) is 4.94. The summed E-state index contributed by atoms with van der Waals surface area (Å²) >= 11 is 0. The molecule has 142 valence electrons. The molecule has 6 nitrogen and oxygen atoms in total. The van der Waals surface area contributed by atoms with Gasteiger partial charge in [0.05, 0.1) is 11.5 Å². The lowest BCUT2D eigenvalue weighted by molar-refractivity contribution is -0.154. The maximum atomic E-state index is 12.6. The molecule has 2 amide bonds. The molecule has 0 bridgehead atoms. The maximum absolute atomic E-state index is 12.6. The molecule has 2 N–H and O–H groups in total. The number of aliphatic hydroxyl groups excluding tert-OH is 1. The number of carbonyl (C=O) groups excluding carboxylic acids is 2. The van der Waals surface area contributed by atoms with Gasteiger partial charge in [-0.1, -0.05) is 12.8 Å². The Hall–Kier alpha value is -1.14. The predicted octanol–water partition coefficient (Wildman–Crippen LogP) is 1.13. The summed E-state index contributed by atoms with van der Waals surface area (Å²) in [7, 11) is 0. The maximum Gasteiger partial charge on any atom is 0.230 e. The van der Waals surface area contributed by atoms with Crippen LogP contribution < -0.4 is 5.32 Å². The lowest BCUT2D eigenvalue weighted by Crippen LogP contribution is -2.62. The number of amides is 2. The van der Waals surface area contributed by atoms with Gasteiger partial charge in [0.15, 0.2) is 0 Å². The first-order valence-electron chi connectivity index (χ1n) is 10.1. The molecule has 3 saturated heterocycles. The van der Waals surface area contributed by atoms with Crippen LogP contribution in [0.2, 0.25) is 0 Å². The topological polar surface area (TPSA) is 72.9 Å². The molecule has 3 aliphatic rings. The minimum Gasteiger partial charge on any atom is -0.392 e. The predicted molar refractivity (Wildman–Crippen MR) is 96.0 cm³/mol. The van der Waals surface area contributed by atoms with E-state index in [1.807, 2.05) is 4.90 Å². The zero-order valence-electron chi connectivity index (χ0n) is 15.3. The number of aliphatic hydroxyl groups is 1. The van der Waals surface area contributed by atoms with Crippen LogP contribution in [0.3, 0.4) is 0 Å². The number of hydrogen-bond donors (Lipinski definition) is 2. The van der Waals surface area contributed by atoms with Crippen molar-refractivity contribution in [2.24, 2.45) is 5.41 Å². The van der Waals surface area contributed by atoms with Crippen LogP contribution in [0, 0.1) is 5.41 Å². The van der Waals surface area contributed by atoms with E-state index in [1.54, 1.807) is 0 Å². The molecule has 0 radical (unpaired) electrons. The Kier molecular flexibility index (Phi) is 6.34. The summed E-state index contributed by atoms with van der Waals surface area (Å²) in [6, 6.07) is 0. The molecule has 1 spiro atoms. The van der Waals surface area contributed by atoms with Crippen LogP contribution in [0.4, 0.5) is 0 Å². The molecule has 0 aromatic carbocycles. The van der Waals surface area contributed by atoms with Crippen molar-refractivity contribution in [2.75, 3.05) is 39.3 Å². The Labute approximate surface area is 150 Å². The largest absolute Gasteiger partial charge is 0.392 e. The number of piperidine rings is 2.